The lowest BCUT2D eigenvalue weighted by atomic mass is 9.69. The molecule has 0 aromatic heterocycles. The van der Waals surface area contributed by atoms with Crippen LogP contribution in [0.4, 0.5) is 0 Å². The zero-order valence-electron chi connectivity index (χ0n) is 21.0. The summed E-state index contributed by atoms with van der Waals surface area (Å²) >= 11 is 0. The van der Waals surface area contributed by atoms with Gasteiger partial charge in [-0.05, 0) is 61.1 Å². The molecular weight excluding hydrogens is 356 g/mol. The van der Waals surface area contributed by atoms with Crippen LogP contribution in [0.25, 0.3) is 0 Å². The fraction of sp³-hybridized carbons (Fsp3) is 0.923. The molecule has 0 spiro atoms. The number of rotatable bonds is 10. The number of hydrogen-bond acceptors (Lipinski definition) is 1. The van der Waals surface area contributed by atoms with Crippen LogP contribution in [0.1, 0.15) is 100 Å². The quantitative estimate of drug-likeness (QED) is 0.199. The Bertz CT molecular complexity index is 473. The first-order valence-electron chi connectivity index (χ1n) is 12.1. The van der Waals surface area contributed by atoms with Crippen LogP contribution in [0, 0.1) is 29.1 Å². The summed E-state index contributed by atoms with van der Waals surface area (Å²) in [7, 11) is -1.71. The van der Waals surface area contributed by atoms with Gasteiger partial charge in [0.1, 0.15) is 0 Å². The standard InChI is InChI=1S/C26H52OSi/c1-11-12-13-17-26(8,20-27-28(9,10)25(5,6)7)18-16-23-19-22(4)14-15-24(23)21(2)3/h16,18,21-24H,11-15,17,19-20H2,1-10H3/b18-16+/t22-,23-,24+,26-/m1/s1. The highest BCUT2D eigenvalue weighted by atomic mass is 28.4. The monoisotopic (exact) mass is 408 g/mol. The molecule has 0 saturated heterocycles. The fourth-order valence-corrected chi connectivity index (χ4v) is 5.52. The van der Waals surface area contributed by atoms with Crippen molar-refractivity contribution in [3.05, 3.63) is 12.2 Å². The second-order valence-corrected chi connectivity index (χ2v) is 16.8. The predicted octanol–water partition coefficient (Wildman–Crippen LogP) is 8.86. The summed E-state index contributed by atoms with van der Waals surface area (Å²) in [6, 6.07) is 0. The van der Waals surface area contributed by atoms with Gasteiger partial charge in [0.05, 0.1) is 0 Å². The van der Waals surface area contributed by atoms with Gasteiger partial charge < -0.3 is 4.43 Å². The topological polar surface area (TPSA) is 9.23 Å². The van der Waals surface area contributed by atoms with Gasteiger partial charge in [-0.15, -0.1) is 0 Å². The van der Waals surface area contributed by atoms with Crippen molar-refractivity contribution in [2.45, 2.75) is 118 Å². The van der Waals surface area contributed by atoms with Crippen molar-refractivity contribution in [3.8, 4) is 0 Å². The van der Waals surface area contributed by atoms with Crippen molar-refractivity contribution in [3.63, 3.8) is 0 Å². The molecule has 1 rings (SSSR count). The van der Waals surface area contributed by atoms with Gasteiger partial charge in [-0.25, -0.2) is 0 Å². The normalized spacial score (nSPS) is 26.8. The molecule has 0 aromatic rings. The first-order valence-corrected chi connectivity index (χ1v) is 15.1. The molecule has 28 heavy (non-hydrogen) atoms. The lowest BCUT2D eigenvalue weighted by Crippen LogP contribution is -2.43. The van der Waals surface area contributed by atoms with E-state index in [1.807, 2.05) is 0 Å². The molecule has 0 aromatic carbocycles. The molecule has 0 heterocycles. The lowest BCUT2D eigenvalue weighted by Gasteiger charge is -2.40. The smallest absolute Gasteiger partial charge is 0.192 e. The van der Waals surface area contributed by atoms with Crippen LogP contribution in [0.3, 0.4) is 0 Å². The van der Waals surface area contributed by atoms with Gasteiger partial charge in [0.15, 0.2) is 8.32 Å². The maximum atomic E-state index is 6.71. The van der Waals surface area contributed by atoms with Crippen molar-refractivity contribution in [1.29, 1.82) is 0 Å². The van der Waals surface area contributed by atoms with Crippen LogP contribution >= 0.6 is 0 Å². The van der Waals surface area contributed by atoms with Crippen LogP contribution < -0.4 is 0 Å². The maximum Gasteiger partial charge on any atom is 0.192 e. The number of unbranched alkanes of at least 4 members (excludes halogenated alkanes) is 2. The molecule has 1 aliphatic carbocycles. The second-order valence-electron chi connectivity index (χ2n) is 12.0. The summed E-state index contributed by atoms with van der Waals surface area (Å²) < 4.78 is 6.71. The molecule has 0 radical (unpaired) electrons. The van der Waals surface area contributed by atoms with Gasteiger partial charge in [-0.2, -0.15) is 0 Å². The SMILES string of the molecule is CCCCC[C@](C)(/C=C/[C@@H]1C[C@H](C)CC[C@H]1C(C)C)CO[Si](C)(C)C(C)(C)C. The van der Waals surface area contributed by atoms with Gasteiger partial charge >= 0.3 is 0 Å². The molecule has 2 heteroatoms. The summed E-state index contributed by atoms with van der Waals surface area (Å²) in [6.07, 6.45) is 14.6. The Morgan fingerprint density at radius 3 is 2.25 bits per heavy atom. The van der Waals surface area contributed by atoms with E-state index in [1.165, 1.54) is 44.9 Å². The van der Waals surface area contributed by atoms with E-state index >= 15 is 0 Å². The van der Waals surface area contributed by atoms with E-state index in [4.69, 9.17) is 4.43 Å². The van der Waals surface area contributed by atoms with Crippen molar-refractivity contribution in [2.75, 3.05) is 6.61 Å². The largest absolute Gasteiger partial charge is 0.416 e. The van der Waals surface area contributed by atoms with Gasteiger partial charge in [0.25, 0.3) is 0 Å². The van der Waals surface area contributed by atoms with Crippen LogP contribution in [-0.2, 0) is 4.43 Å². The van der Waals surface area contributed by atoms with Crippen LogP contribution in [0.5, 0.6) is 0 Å². The van der Waals surface area contributed by atoms with E-state index in [1.54, 1.807) is 0 Å². The van der Waals surface area contributed by atoms with Crippen LogP contribution in [0.15, 0.2) is 12.2 Å². The van der Waals surface area contributed by atoms with Crippen molar-refractivity contribution in [2.24, 2.45) is 29.1 Å². The molecule has 0 unspecified atom stereocenters. The highest BCUT2D eigenvalue weighted by molar-refractivity contribution is 6.74. The van der Waals surface area contributed by atoms with Gasteiger partial charge in [-0.3, -0.25) is 0 Å². The number of allylic oxidation sites excluding steroid dienone is 1. The minimum absolute atomic E-state index is 0.174. The van der Waals surface area contributed by atoms with Gasteiger partial charge in [0.2, 0.25) is 0 Å². The molecule has 1 saturated carbocycles. The van der Waals surface area contributed by atoms with Gasteiger partial charge in [0, 0.05) is 12.0 Å². The zero-order valence-corrected chi connectivity index (χ0v) is 22.0. The third kappa shape index (κ3) is 7.98. The lowest BCUT2D eigenvalue weighted by molar-refractivity contribution is 0.165. The van der Waals surface area contributed by atoms with Crippen molar-refractivity contribution >= 4 is 8.32 Å². The summed E-state index contributed by atoms with van der Waals surface area (Å²) in [4.78, 5) is 0. The Hall–Kier alpha value is -0.0831. The highest BCUT2D eigenvalue weighted by Gasteiger charge is 2.39. The third-order valence-corrected chi connectivity index (χ3v) is 12.2. The van der Waals surface area contributed by atoms with E-state index in [-0.39, 0.29) is 10.5 Å². The summed E-state index contributed by atoms with van der Waals surface area (Å²) in [5.41, 5.74) is 0.174. The Morgan fingerprint density at radius 2 is 1.71 bits per heavy atom. The molecule has 1 aliphatic rings. The molecule has 4 atom stereocenters. The van der Waals surface area contributed by atoms with E-state index in [9.17, 15) is 0 Å². The Kier molecular flexibility index (Phi) is 10.0. The summed E-state index contributed by atoms with van der Waals surface area (Å²) in [6.45, 7) is 24.7. The Balaban J connectivity index is 2.93. The first kappa shape index (κ1) is 26.0. The second kappa shape index (κ2) is 10.8. The van der Waals surface area contributed by atoms with Crippen molar-refractivity contribution in [1.82, 2.24) is 0 Å². The van der Waals surface area contributed by atoms with E-state index in [0.29, 0.717) is 0 Å². The molecule has 166 valence electrons. The van der Waals surface area contributed by atoms with E-state index in [0.717, 1.165) is 30.3 Å². The first-order chi connectivity index (χ1) is 12.8. The predicted molar refractivity (Wildman–Crippen MR) is 129 cm³/mol. The highest BCUT2D eigenvalue weighted by Crippen LogP contribution is 2.41. The average molecular weight is 409 g/mol. The maximum absolute atomic E-state index is 6.71. The average Bonchev–Trinajstić information content (AvgIpc) is 2.57. The molecule has 1 nitrogen and oxygen atoms in total. The van der Waals surface area contributed by atoms with Crippen molar-refractivity contribution < 1.29 is 4.43 Å². The molecular formula is C26H52OSi. The Labute approximate surface area is 179 Å². The summed E-state index contributed by atoms with van der Waals surface area (Å²) in [5.74, 6) is 3.27. The van der Waals surface area contributed by atoms with Gasteiger partial charge in [-0.1, -0.05) is 93.2 Å². The molecule has 0 amide bonds. The summed E-state index contributed by atoms with van der Waals surface area (Å²) in [5, 5.41) is 0.280. The van der Waals surface area contributed by atoms with Crippen LogP contribution in [0.2, 0.25) is 18.1 Å². The Morgan fingerprint density at radius 1 is 1.07 bits per heavy atom. The molecule has 0 aliphatic heterocycles. The minimum atomic E-state index is -1.71. The molecule has 0 bridgehead atoms. The number of hydrogen-bond donors (Lipinski definition) is 0. The van der Waals surface area contributed by atoms with E-state index in [2.05, 4.69) is 80.6 Å². The molecule has 1 fully saturated rings. The third-order valence-electron chi connectivity index (χ3n) is 7.74. The van der Waals surface area contributed by atoms with E-state index < -0.39 is 8.32 Å². The zero-order chi connectivity index (χ0) is 21.6. The minimum Gasteiger partial charge on any atom is -0.416 e. The molecule has 0 N–H and O–H groups in total. The fourth-order valence-electron chi connectivity index (χ4n) is 4.40. The van der Waals surface area contributed by atoms with Crippen LogP contribution in [-0.4, -0.2) is 14.9 Å².